The van der Waals surface area contributed by atoms with Crippen LogP contribution in [0.4, 0.5) is 5.69 Å². The first-order chi connectivity index (χ1) is 12.1. The average Bonchev–Trinajstić information content (AvgIpc) is 3.29. The van der Waals surface area contributed by atoms with Gasteiger partial charge in [0.1, 0.15) is 11.5 Å². The number of rotatable bonds is 2. The van der Waals surface area contributed by atoms with Crippen molar-refractivity contribution in [1.29, 1.82) is 0 Å². The summed E-state index contributed by atoms with van der Waals surface area (Å²) in [5.74, 6) is -1.54. The third kappa shape index (κ3) is 1.81. The molecule has 1 spiro atoms. The first-order valence-corrected chi connectivity index (χ1v) is 8.39. The molecule has 4 atom stereocenters. The minimum atomic E-state index is -0.725. The molecule has 25 heavy (non-hydrogen) atoms. The Labute approximate surface area is 144 Å². The number of benzene rings is 2. The maximum atomic E-state index is 13.3. The number of esters is 1. The molecule has 0 saturated carbocycles. The van der Waals surface area contributed by atoms with E-state index in [0.717, 1.165) is 16.5 Å². The first kappa shape index (κ1) is 14.7. The summed E-state index contributed by atoms with van der Waals surface area (Å²) in [5.41, 5.74) is 0.133. The lowest BCUT2D eigenvalue weighted by atomic mass is 9.77. The number of fused-ring (bicyclic) bond motifs is 2. The van der Waals surface area contributed by atoms with Gasteiger partial charge in [-0.05, 0) is 11.5 Å². The van der Waals surface area contributed by atoms with Gasteiger partial charge >= 0.3 is 5.97 Å². The van der Waals surface area contributed by atoms with E-state index < -0.39 is 17.4 Å². The summed E-state index contributed by atoms with van der Waals surface area (Å²) >= 11 is 0. The number of carbonyl (C=O) groups excluding carboxylic acids is 2. The van der Waals surface area contributed by atoms with Gasteiger partial charge in [0.05, 0.1) is 31.4 Å². The minimum absolute atomic E-state index is 0.0707. The number of ether oxygens (including phenoxy) is 2. The van der Waals surface area contributed by atoms with Crippen molar-refractivity contribution >= 4 is 28.3 Å². The van der Waals surface area contributed by atoms with Gasteiger partial charge in [-0.15, -0.1) is 0 Å². The van der Waals surface area contributed by atoms with Gasteiger partial charge in [-0.3, -0.25) is 9.59 Å². The van der Waals surface area contributed by atoms with Gasteiger partial charge in [0.25, 0.3) is 0 Å². The average molecular weight is 335 g/mol. The van der Waals surface area contributed by atoms with E-state index in [2.05, 4.69) is 0 Å². The highest BCUT2D eigenvalue weighted by atomic mass is 16.5. The lowest BCUT2D eigenvalue weighted by Crippen LogP contribution is -2.39. The van der Waals surface area contributed by atoms with Gasteiger partial charge in [-0.2, -0.15) is 0 Å². The Balaban J connectivity index is 1.61. The molecule has 0 unspecified atom stereocenters. The zero-order valence-electron chi connectivity index (χ0n) is 13.7. The number of amides is 1. The third-order valence-corrected chi connectivity index (χ3v) is 5.63. The lowest BCUT2D eigenvalue weighted by Gasteiger charge is -2.22. The molecule has 5 rings (SSSR count). The number of anilines is 1. The molecule has 2 aromatic carbocycles. The van der Waals surface area contributed by atoms with Gasteiger partial charge in [0, 0.05) is 5.39 Å². The normalized spacial score (nSPS) is 32.4. The Hall–Kier alpha value is -2.66. The Morgan fingerprint density at radius 2 is 2.04 bits per heavy atom. The van der Waals surface area contributed by atoms with E-state index in [1.807, 2.05) is 54.6 Å². The van der Waals surface area contributed by atoms with Crippen LogP contribution in [0.25, 0.3) is 10.8 Å². The van der Waals surface area contributed by atoms with E-state index in [9.17, 15) is 9.59 Å². The second-order valence-electron chi connectivity index (χ2n) is 6.85. The van der Waals surface area contributed by atoms with Crippen LogP contribution in [0.2, 0.25) is 0 Å². The standard InChI is InChI=1S/C20H17NO4/c1-24-19(23)16-15-9-10-20(25-15)11-21(18(22)17(16)20)14-8-4-6-12-5-2-3-7-13(12)14/h2-10,15-17H,11H2,1H3/t15-,16+,17-,20+/m1/s1. The van der Waals surface area contributed by atoms with Crippen LogP contribution in [-0.2, 0) is 19.1 Å². The van der Waals surface area contributed by atoms with Crippen molar-refractivity contribution in [2.24, 2.45) is 11.8 Å². The van der Waals surface area contributed by atoms with Crippen LogP contribution in [0.5, 0.6) is 0 Å². The largest absolute Gasteiger partial charge is 0.469 e. The molecule has 0 aromatic heterocycles. The zero-order valence-corrected chi connectivity index (χ0v) is 13.7. The summed E-state index contributed by atoms with van der Waals surface area (Å²) in [6, 6.07) is 13.9. The predicted octanol–water partition coefficient (Wildman–Crippen LogP) is 2.30. The maximum Gasteiger partial charge on any atom is 0.312 e. The molecule has 0 N–H and O–H groups in total. The van der Waals surface area contributed by atoms with E-state index in [-0.39, 0.29) is 18.0 Å². The van der Waals surface area contributed by atoms with Crippen LogP contribution in [0.1, 0.15) is 0 Å². The van der Waals surface area contributed by atoms with E-state index in [1.54, 1.807) is 4.90 Å². The fourth-order valence-electron chi connectivity index (χ4n) is 4.55. The Kier molecular flexibility index (Phi) is 2.89. The molecular formula is C20H17NO4. The topological polar surface area (TPSA) is 55.8 Å². The monoisotopic (exact) mass is 335 g/mol. The quantitative estimate of drug-likeness (QED) is 0.624. The van der Waals surface area contributed by atoms with Crippen LogP contribution in [-0.4, -0.2) is 37.2 Å². The number of methoxy groups -OCH3 is 1. The smallest absolute Gasteiger partial charge is 0.312 e. The molecule has 2 saturated heterocycles. The Morgan fingerprint density at radius 3 is 2.88 bits per heavy atom. The molecule has 3 aliphatic rings. The zero-order chi connectivity index (χ0) is 17.2. The van der Waals surface area contributed by atoms with Crippen molar-refractivity contribution < 1.29 is 19.1 Å². The lowest BCUT2D eigenvalue weighted by molar-refractivity contribution is -0.149. The molecule has 1 amide bonds. The highest BCUT2D eigenvalue weighted by Gasteiger charge is 2.67. The number of hydrogen-bond acceptors (Lipinski definition) is 4. The summed E-state index contributed by atoms with van der Waals surface area (Å²) in [4.78, 5) is 27.2. The van der Waals surface area contributed by atoms with Crippen molar-refractivity contribution in [2.45, 2.75) is 11.7 Å². The van der Waals surface area contributed by atoms with Crippen molar-refractivity contribution in [3.05, 3.63) is 54.6 Å². The SMILES string of the molecule is COC(=O)[C@H]1[C@H]2C=C[C@@]3(CN(c4cccc5ccccc45)C(=O)[C@@H]13)O2. The summed E-state index contributed by atoms with van der Waals surface area (Å²) in [6.45, 7) is 0.422. The summed E-state index contributed by atoms with van der Waals surface area (Å²) in [7, 11) is 1.35. The minimum Gasteiger partial charge on any atom is -0.469 e. The second kappa shape index (κ2) is 4.92. The van der Waals surface area contributed by atoms with Gasteiger partial charge in [-0.1, -0.05) is 48.6 Å². The van der Waals surface area contributed by atoms with Gasteiger partial charge in [-0.25, -0.2) is 0 Å². The maximum absolute atomic E-state index is 13.3. The van der Waals surface area contributed by atoms with Crippen molar-refractivity contribution in [3.63, 3.8) is 0 Å². The van der Waals surface area contributed by atoms with E-state index in [0.29, 0.717) is 6.54 Å². The molecular weight excluding hydrogens is 318 g/mol. The highest BCUT2D eigenvalue weighted by molar-refractivity contribution is 6.08. The summed E-state index contributed by atoms with van der Waals surface area (Å²) in [6.07, 6.45) is 3.47. The molecule has 5 heteroatoms. The van der Waals surface area contributed by atoms with Crippen molar-refractivity contribution in [2.75, 3.05) is 18.6 Å². The Morgan fingerprint density at radius 1 is 1.24 bits per heavy atom. The number of carbonyl (C=O) groups is 2. The van der Waals surface area contributed by atoms with Crippen LogP contribution >= 0.6 is 0 Å². The fraction of sp³-hybridized carbons (Fsp3) is 0.300. The molecule has 2 bridgehead atoms. The number of hydrogen-bond donors (Lipinski definition) is 0. The second-order valence-corrected chi connectivity index (χ2v) is 6.85. The molecule has 3 aliphatic heterocycles. The molecule has 126 valence electrons. The fourth-order valence-corrected chi connectivity index (χ4v) is 4.55. The predicted molar refractivity (Wildman–Crippen MR) is 92.0 cm³/mol. The molecule has 2 fully saturated rings. The Bertz CT molecular complexity index is 931. The number of nitrogens with zero attached hydrogens (tertiary/aromatic N) is 1. The molecule has 2 aromatic rings. The van der Waals surface area contributed by atoms with Crippen molar-refractivity contribution in [1.82, 2.24) is 0 Å². The van der Waals surface area contributed by atoms with Gasteiger partial charge < -0.3 is 14.4 Å². The van der Waals surface area contributed by atoms with Crippen LogP contribution < -0.4 is 4.90 Å². The van der Waals surface area contributed by atoms with Gasteiger partial charge in [0.2, 0.25) is 5.91 Å². The van der Waals surface area contributed by atoms with E-state index in [1.165, 1.54) is 7.11 Å². The molecule has 0 radical (unpaired) electrons. The third-order valence-electron chi connectivity index (χ3n) is 5.63. The van der Waals surface area contributed by atoms with E-state index in [4.69, 9.17) is 9.47 Å². The van der Waals surface area contributed by atoms with Crippen LogP contribution in [0.15, 0.2) is 54.6 Å². The molecule has 3 heterocycles. The highest BCUT2D eigenvalue weighted by Crippen LogP contribution is 2.53. The van der Waals surface area contributed by atoms with E-state index >= 15 is 0 Å². The summed E-state index contributed by atoms with van der Waals surface area (Å²) < 4.78 is 11.0. The van der Waals surface area contributed by atoms with Crippen LogP contribution in [0, 0.1) is 11.8 Å². The summed E-state index contributed by atoms with van der Waals surface area (Å²) in [5, 5.41) is 2.09. The molecule has 5 nitrogen and oxygen atoms in total. The first-order valence-electron chi connectivity index (χ1n) is 8.39. The van der Waals surface area contributed by atoms with Crippen molar-refractivity contribution in [3.8, 4) is 0 Å². The molecule has 0 aliphatic carbocycles. The van der Waals surface area contributed by atoms with Gasteiger partial charge in [0.15, 0.2) is 0 Å². The van der Waals surface area contributed by atoms with Crippen LogP contribution in [0.3, 0.4) is 0 Å².